The molecule has 5 nitrogen and oxygen atoms in total. The van der Waals surface area contributed by atoms with Crippen molar-refractivity contribution in [2.75, 3.05) is 6.54 Å². The van der Waals surface area contributed by atoms with Crippen LogP contribution in [0.15, 0.2) is 47.4 Å². The van der Waals surface area contributed by atoms with E-state index in [4.69, 9.17) is 0 Å². The number of H-pyrrole nitrogens is 1. The first kappa shape index (κ1) is 15.6. The number of hydrogen-bond acceptors (Lipinski definition) is 3. The summed E-state index contributed by atoms with van der Waals surface area (Å²) in [6.45, 7) is 2.15. The molecule has 0 saturated heterocycles. The molecule has 2 N–H and O–H groups in total. The van der Waals surface area contributed by atoms with E-state index in [9.17, 15) is 12.8 Å². The number of hydrogen-bond donors (Lipinski definition) is 2. The Hall–Kier alpha value is -2.25. The van der Waals surface area contributed by atoms with Gasteiger partial charge in [0.15, 0.2) is 0 Å². The van der Waals surface area contributed by atoms with Crippen molar-refractivity contribution in [3.05, 3.63) is 59.7 Å². The molecule has 0 radical (unpaired) electrons. The second-order valence-corrected chi connectivity index (χ2v) is 7.04. The van der Waals surface area contributed by atoms with E-state index in [2.05, 4.69) is 14.7 Å². The summed E-state index contributed by atoms with van der Waals surface area (Å²) < 4.78 is 39.6. The molecular formula is C16H16FN3O2S. The van der Waals surface area contributed by atoms with Crippen LogP contribution >= 0.6 is 0 Å². The summed E-state index contributed by atoms with van der Waals surface area (Å²) in [5.41, 5.74) is 2.82. The van der Waals surface area contributed by atoms with Crippen molar-refractivity contribution in [3.63, 3.8) is 0 Å². The lowest BCUT2D eigenvalue weighted by molar-refractivity contribution is 0.580. The minimum atomic E-state index is -3.62. The van der Waals surface area contributed by atoms with Gasteiger partial charge >= 0.3 is 0 Å². The van der Waals surface area contributed by atoms with E-state index in [-0.39, 0.29) is 11.4 Å². The van der Waals surface area contributed by atoms with Gasteiger partial charge in [0.05, 0.1) is 15.9 Å². The van der Waals surface area contributed by atoms with Gasteiger partial charge in [0.1, 0.15) is 11.6 Å². The Balaban J connectivity index is 1.66. The van der Waals surface area contributed by atoms with E-state index in [1.807, 2.05) is 25.1 Å². The number of nitrogens with zero attached hydrogens (tertiary/aromatic N) is 1. The predicted molar refractivity (Wildman–Crippen MR) is 86.1 cm³/mol. The number of benzene rings is 2. The zero-order valence-corrected chi connectivity index (χ0v) is 13.3. The monoisotopic (exact) mass is 333 g/mol. The first-order valence-electron chi connectivity index (χ1n) is 7.14. The Labute approximate surface area is 133 Å². The molecule has 0 atom stereocenters. The van der Waals surface area contributed by atoms with E-state index in [1.54, 1.807) is 0 Å². The van der Waals surface area contributed by atoms with E-state index in [0.717, 1.165) is 34.6 Å². The van der Waals surface area contributed by atoms with Crippen LogP contribution in [0, 0.1) is 12.7 Å². The van der Waals surface area contributed by atoms with Gasteiger partial charge < -0.3 is 4.98 Å². The van der Waals surface area contributed by atoms with Crippen molar-refractivity contribution < 1.29 is 12.8 Å². The lowest BCUT2D eigenvalue weighted by Crippen LogP contribution is -2.26. The van der Waals surface area contributed by atoms with Gasteiger partial charge in [0, 0.05) is 6.54 Å². The molecule has 0 aliphatic carbocycles. The third-order valence-corrected chi connectivity index (χ3v) is 4.97. The minimum Gasteiger partial charge on any atom is -0.342 e. The SMILES string of the molecule is Cc1nc2ccc(CCNS(=O)(=O)c3ccc(F)cc3)cc2[nH]1. The predicted octanol–water partition coefficient (Wildman–Crippen LogP) is 2.53. The molecule has 0 aliphatic heterocycles. The van der Waals surface area contributed by atoms with Crippen LogP contribution in [0.25, 0.3) is 11.0 Å². The summed E-state index contributed by atoms with van der Waals surface area (Å²) in [6.07, 6.45) is 0.550. The Morgan fingerprint density at radius 2 is 1.91 bits per heavy atom. The number of halogens is 1. The second-order valence-electron chi connectivity index (χ2n) is 5.28. The molecule has 1 heterocycles. The highest BCUT2D eigenvalue weighted by Crippen LogP contribution is 2.14. The van der Waals surface area contributed by atoms with Crippen molar-refractivity contribution in [3.8, 4) is 0 Å². The van der Waals surface area contributed by atoms with E-state index < -0.39 is 15.8 Å². The molecule has 0 aliphatic rings. The molecule has 3 rings (SSSR count). The average Bonchev–Trinajstić information content (AvgIpc) is 2.87. The van der Waals surface area contributed by atoms with Crippen molar-refractivity contribution in [1.82, 2.24) is 14.7 Å². The van der Waals surface area contributed by atoms with Gasteiger partial charge in [0.25, 0.3) is 0 Å². The Morgan fingerprint density at radius 1 is 1.17 bits per heavy atom. The maximum absolute atomic E-state index is 12.9. The highest BCUT2D eigenvalue weighted by molar-refractivity contribution is 7.89. The van der Waals surface area contributed by atoms with Crippen LogP contribution in [0.1, 0.15) is 11.4 Å². The number of nitrogens with one attached hydrogen (secondary N) is 2. The molecule has 2 aromatic carbocycles. The number of aryl methyl sites for hydroxylation is 1. The maximum atomic E-state index is 12.9. The topological polar surface area (TPSA) is 74.8 Å². The average molecular weight is 333 g/mol. The van der Waals surface area contributed by atoms with Crippen LogP contribution in [-0.4, -0.2) is 24.9 Å². The van der Waals surface area contributed by atoms with E-state index >= 15 is 0 Å². The van der Waals surface area contributed by atoms with Crippen LogP contribution in [0.2, 0.25) is 0 Å². The molecule has 0 spiro atoms. The number of aromatic nitrogens is 2. The summed E-state index contributed by atoms with van der Waals surface area (Å²) in [5.74, 6) is 0.376. The van der Waals surface area contributed by atoms with Gasteiger partial charge in [-0.25, -0.2) is 22.5 Å². The molecule has 7 heteroatoms. The summed E-state index contributed by atoms with van der Waals surface area (Å²) in [7, 11) is -3.62. The summed E-state index contributed by atoms with van der Waals surface area (Å²) in [4.78, 5) is 7.53. The lowest BCUT2D eigenvalue weighted by atomic mass is 10.1. The van der Waals surface area contributed by atoms with Gasteiger partial charge in [-0.05, 0) is 55.3 Å². The van der Waals surface area contributed by atoms with Crippen LogP contribution in [-0.2, 0) is 16.4 Å². The quantitative estimate of drug-likeness (QED) is 0.753. The number of imidazole rings is 1. The number of sulfonamides is 1. The molecule has 0 unspecified atom stereocenters. The Bertz CT molecular complexity index is 934. The largest absolute Gasteiger partial charge is 0.342 e. The molecule has 0 fully saturated rings. The Kier molecular flexibility index (Phi) is 4.14. The number of aromatic amines is 1. The minimum absolute atomic E-state index is 0.0542. The summed E-state index contributed by atoms with van der Waals surface area (Å²) in [5, 5.41) is 0. The molecule has 0 bridgehead atoms. The molecule has 0 saturated carbocycles. The van der Waals surface area contributed by atoms with Crippen LogP contribution < -0.4 is 4.72 Å². The molecule has 120 valence electrons. The zero-order chi connectivity index (χ0) is 16.4. The molecule has 3 aromatic rings. The first-order valence-corrected chi connectivity index (χ1v) is 8.63. The van der Waals surface area contributed by atoms with Gasteiger partial charge in [-0.15, -0.1) is 0 Å². The van der Waals surface area contributed by atoms with Crippen LogP contribution in [0.3, 0.4) is 0 Å². The van der Waals surface area contributed by atoms with E-state index in [0.29, 0.717) is 6.42 Å². The first-order chi connectivity index (χ1) is 10.9. The van der Waals surface area contributed by atoms with Gasteiger partial charge in [0.2, 0.25) is 10.0 Å². The van der Waals surface area contributed by atoms with Crippen molar-refractivity contribution in [1.29, 1.82) is 0 Å². The zero-order valence-electron chi connectivity index (χ0n) is 12.5. The highest BCUT2D eigenvalue weighted by atomic mass is 32.2. The highest BCUT2D eigenvalue weighted by Gasteiger charge is 2.13. The number of rotatable bonds is 5. The third kappa shape index (κ3) is 3.57. The second kappa shape index (κ2) is 6.10. The van der Waals surface area contributed by atoms with Gasteiger partial charge in [-0.3, -0.25) is 0 Å². The van der Waals surface area contributed by atoms with Crippen LogP contribution in [0.5, 0.6) is 0 Å². The molecule has 0 amide bonds. The van der Waals surface area contributed by atoms with Crippen molar-refractivity contribution in [2.45, 2.75) is 18.2 Å². The van der Waals surface area contributed by atoms with Crippen molar-refractivity contribution >= 4 is 21.1 Å². The smallest absolute Gasteiger partial charge is 0.240 e. The summed E-state index contributed by atoms with van der Waals surface area (Å²) >= 11 is 0. The fraction of sp³-hybridized carbons (Fsp3) is 0.188. The van der Waals surface area contributed by atoms with Crippen molar-refractivity contribution in [2.24, 2.45) is 0 Å². The number of fused-ring (bicyclic) bond motifs is 1. The fourth-order valence-corrected chi connectivity index (χ4v) is 3.40. The lowest BCUT2D eigenvalue weighted by Gasteiger charge is -2.07. The fourth-order valence-electron chi connectivity index (χ4n) is 2.37. The van der Waals surface area contributed by atoms with Crippen LogP contribution in [0.4, 0.5) is 4.39 Å². The standard InChI is InChI=1S/C16H16FN3O2S/c1-11-19-15-7-2-12(10-16(15)20-11)8-9-18-23(21,22)14-5-3-13(17)4-6-14/h2-7,10,18H,8-9H2,1H3,(H,19,20). The summed E-state index contributed by atoms with van der Waals surface area (Å²) in [6, 6.07) is 10.5. The maximum Gasteiger partial charge on any atom is 0.240 e. The Morgan fingerprint density at radius 3 is 2.65 bits per heavy atom. The molecular weight excluding hydrogens is 317 g/mol. The van der Waals surface area contributed by atoms with E-state index in [1.165, 1.54) is 12.1 Å². The third-order valence-electron chi connectivity index (χ3n) is 3.49. The molecule has 23 heavy (non-hydrogen) atoms. The van der Waals surface area contributed by atoms with Gasteiger partial charge in [-0.1, -0.05) is 6.07 Å². The molecule has 1 aromatic heterocycles. The normalized spacial score (nSPS) is 11.9. The van der Waals surface area contributed by atoms with Gasteiger partial charge in [-0.2, -0.15) is 0 Å².